The zero-order chi connectivity index (χ0) is 14.7. The minimum absolute atomic E-state index is 0.619. The fraction of sp³-hybridized carbons (Fsp3) is 0.200. The van der Waals surface area contributed by atoms with E-state index in [4.69, 9.17) is 9.47 Å². The van der Waals surface area contributed by atoms with Crippen LogP contribution in [0.4, 0.5) is 0 Å². The molecule has 2 aromatic rings. The van der Waals surface area contributed by atoms with E-state index in [0.717, 1.165) is 8.95 Å². The van der Waals surface area contributed by atoms with Crippen molar-refractivity contribution < 1.29 is 14.6 Å². The van der Waals surface area contributed by atoms with Crippen LogP contribution >= 0.6 is 31.9 Å². The number of methoxy groups -OCH3 is 2. The molecule has 0 aliphatic heterocycles. The van der Waals surface area contributed by atoms with E-state index < -0.39 is 6.10 Å². The molecule has 0 bridgehead atoms. The molecular weight excluding hydrogens is 388 g/mol. The van der Waals surface area contributed by atoms with Gasteiger partial charge in [-0.2, -0.15) is 0 Å². The van der Waals surface area contributed by atoms with E-state index in [-0.39, 0.29) is 0 Å². The lowest BCUT2D eigenvalue weighted by molar-refractivity contribution is 0.209. The first-order chi connectivity index (χ1) is 9.56. The van der Waals surface area contributed by atoms with Crippen LogP contribution in [0.15, 0.2) is 45.3 Å². The quantitative estimate of drug-likeness (QED) is 0.829. The van der Waals surface area contributed by atoms with Crippen molar-refractivity contribution in [2.45, 2.75) is 6.10 Å². The van der Waals surface area contributed by atoms with Crippen molar-refractivity contribution in [1.82, 2.24) is 0 Å². The molecule has 0 saturated carbocycles. The van der Waals surface area contributed by atoms with Gasteiger partial charge in [-0.25, -0.2) is 0 Å². The van der Waals surface area contributed by atoms with E-state index in [1.54, 1.807) is 14.2 Å². The monoisotopic (exact) mass is 400 g/mol. The number of halogens is 2. The summed E-state index contributed by atoms with van der Waals surface area (Å²) in [6.07, 6.45) is -0.828. The zero-order valence-corrected chi connectivity index (χ0v) is 14.2. The van der Waals surface area contributed by atoms with Crippen LogP contribution < -0.4 is 9.47 Å². The van der Waals surface area contributed by atoms with Crippen molar-refractivity contribution in [1.29, 1.82) is 0 Å². The van der Waals surface area contributed by atoms with Gasteiger partial charge in [0.1, 0.15) is 17.6 Å². The van der Waals surface area contributed by atoms with Crippen LogP contribution in [0.3, 0.4) is 0 Å². The van der Waals surface area contributed by atoms with Gasteiger partial charge in [0, 0.05) is 20.1 Å². The second-order valence-corrected chi connectivity index (χ2v) is 6.01. The van der Waals surface area contributed by atoms with Gasteiger partial charge < -0.3 is 14.6 Å². The molecule has 106 valence electrons. The van der Waals surface area contributed by atoms with E-state index in [1.807, 2.05) is 36.4 Å². The summed E-state index contributed by atoms with van der Waals surface area (Å²) in [5, 5.41) is 10.6. The molecule has 1 atom stereocenters. The van der Waals surface area contributed by atoms with Crippen LogP contribution in [-0.2, 0) is 0 Å². The Morgan fingerprint density at radius 2 is 1.45 bits per heavy atom. The van der Waals surface area contributed by atoms with Gasteiger partial charge in [0.05, 0.1) is 14.2 Å². The van der Waals surface area contributed by atoms with E-state index in [9.17, 15) is 5.11 Å². The summed E-state index contributed by atoms with van der Waals surface area (Å²) in [4.78, 5) is 0. The maximum Gasteiger partial charge on any atom is 0.126 e. The number of rotatable bonds is 4. The van der Waals surface area contributed by atoms with Crippen molar-refractivity contribution in [3.63, 3.8) is 0 Å². The Kier molecular flexibility index (Phi) is 5.07. The Hall–Kier alpha value is -1.04. The molecule has 2 rings (SSSR count). The van der Waals surface area contributed by atoms with Crippen molar-refractivity contribution in [3.8, 4) is 11.5 Å². The maximum atomic E-state index is 10.6. The summed E-state index contributed by atoms with van der Waals surface area (Å²) in [5.74, 6) is 1.25. The number of aliphatic hydroxyl groups is 1. The van der Waals surface area contributed by atoms with Gasteiger partial charge in [0.25, 0.3) is 0 Å². The first-order valence-corrected chi connectivity index (χ1v) is 7.50. The van der Waals surface area contributed by atoms with Crippen LogP contribution in [0, 0.1) is 0 Å². The SMILES string of the molecule is COc1cc(Br)ccc1C(O)c1cc(Br)ccc1OC. The van der Waals surface area contributed by atoms with E-state index in [0.29, 0.717) is 22.6 Å². The van der Waals surface area contributed by atoms with Gasteiger partial charge in [-0.05, 0) is 30.3 Å². The van der Waals surface area contributed by atoms with Crippen LogP contribution in [-0.4, -0.2) is 19.3 Å². The molecule has 1 N–H and O–H groups in total. The van der Waals surface area contributed by atoms with E-state index >= 15 is 0 Å². The van der Waals surface area contributed by atoms with Crippen LogP contribution in [0.25, 0.3) is 0 Å². The molecule has 20 heavy (non-hydrogen) atoms. The molecule has 5 heteroatoms. The van der Waals surface area contributed by atoms with Crippen LogP contribution in [0.1, 0.15) is 17.2 Å². The average Bonchev–Trinajstić information content (AvgIpc) is 2.46. The Morgan fingerprint density at radius 1 is 0.850 bits per heavy atom. The summed E-state index contributed by atoms with van der Waals surface area (Å²) in [6, 6.07) is 11.0. The molecule has 0 spiro atoms. The minimum Gasteiger partial charge on any atom is -0.496 e. The molecule has 2 aromatic carbocycles. The minimum atomic E-state index is -0.828. The molecule has 0 aliphatic carbocycles. The van der Waals surface area contributed by atoms with E-state index in [2.05, 4.69) is 31.9 Å². The van der Waals surface area contributed by atoms with E-state index in [1.165, 1.54) is 0 Å². The highest BCUT2D eigenvalue weighted by Gasteiger charge is 2.19. The van der Waals surface area contributed by atoms with Gasteiger partial charge in [-0.3, -0.25) is 0 Å². The lowest BCUT2D eigenvalue weighted by Crippen LogP contribution is -2.04. The standard InChI is InChI=1S/C15H14Br2O3/c1-19-13-6-4-9(16)7-12(13)15(18)11-5-3-10(17)8-14(11)20-2/h3-8,15,18H,1-2H3. The second kappa shape index (κ2) is 6.61. The first kappa shape index (κ1) is 15.4. The van der Waals surface area contributed by atoms with Crippen LogP contribution in [0.2, 0.25) is 0 Å². The topological polar surface area (TPSA) is 38.7 Å². The first-order valence-electron chi connectivity index (χ1n) is 5.91. The van der Waals surface area contributed by atoms with Gasteiger partial charge in [-0.15, -0.1) is 0 Å². The molecule has 1 unspecified atom stereocenters. The molecule has 3 nitrogen and oxygen atoms in total. The lowest BCUT2D eigenvalue weighted by Gasteiger charge is -2.18. The molecule has 0 fully saturated rings. The smallest absolute Gasteiger partial charge is 0.126 e. The largest absolute Gasteiger partial charge is 0.496 e. The molecule has 0 amide bonds. The van der Waals surface area contributed by atoms with Crippen molar-refractivity contribution in [2.75, 3.05) is 14.2 Å². The summed E-state index contributed by atoms with van der Waals surface area (Å²) in [7, 11) is 3.16. The fourth-order valence-electron chi connectivity index (χ4n) is 2.00. The molecule has 0 saturated heterocycles. The van der Waals surface area contributed by atoms with Crippen LogP contribution in [0.5, 0.6) is 11.5 Å². The summed E-state index contributed by atoms with van der Waals surface area (Å²) in [5.41, 5.74) is 1.37. The molecule has 0 aliphatic rings. The summed E-state index contributed by atoms with van der Waals surface area (Å²) >= 11 is 6.80. The highest BCUT2D eigenvalue weighted by Crippen LogP contribution is 2.37. The zero-order valence-electron chi connectivity index (χ0n) is 11.1. The molecule has 0 radical (unpaired) electrons. The van der Waals surface area contributed by atoms with Gasteiger partial charge in [0.15, 0.2) is 0 Å². The Balaban J connectivity index is 2.51. The fourth-order valence-corrected chi connectivity index (χ4v) is 2.72. The van der Waals surface area contributed by atoms with Crippen molar-refractivity contribution in [2.24, 2.45) is 0 Å². The number of hydrogen-bond acceptors (Lipinski definition) is 3. The van der Waals surface area contributed by atoms with Crippen molar-refractivity contribution in [3.05, 3.63) is 56.5 Å². The number of benzene rings is 2. The molecule has 0 heterocycles. The predicted octanol–water partition coefficient (Wildman–Crippen LogP) is 4.31. The summed E-state index contributed by atoms with van der Waals surface area (Å²) < 4.78 is 12.4. The highest BCUT2D eigenvalue weighted by molar-refractivity contribution is 9.10. The average molecular weight is 402 g/mol. The van der Waals surface area contributed by atoms with Gasteiger partial charge in [-0.1, -0.05) is 37.9 Å². The summed E-state index contributed by atoms with van der Waals surface area (Å²) in [6.45, 7) is 0. The molecular formula is C15H14Br2O3. The lowest BCUT2D eigenvalue weighted by atomic mass is 10.00. The third-order valence-electron chi connectivity index (χ3n) is 2.98. The maximum absolute atomic E-state index is 10.6. The predicted molar refractivity (Wildman–Crippen MR) is 85.4 cm³/mol. The Bertz CT molecular complexity index is 614. The molecule has 0 aromatic heterocycles. The number of ether oxygens (including phenoxy) is 2. The second-order valence-electron chi connectivity index (χ2n) is 4.18. The van der Waals surface area contributed by atoms with Gasteiger partial charge >= 0.3 is 0 Å². The van der Waals surface area contributed by atoms with Gasteiger partial charge in [0.2, 0.25) is 0 Å². The number of hydrogen-bond donors (Lipinski definition) is 1. The number of aliphatic hydroxyl groups excluding tert-OH is 1. The highest BCUT2D eigenvalue weighted by atomic mass is 79.9. The Labute approximate surface area is 134 Å². The third kappa shape index (κ3) is 3.16. The third-order valence-corrected chi connectivity index (χ3v) is 3.96. The normalized spacial score (nSPS) is 12.1. The Morgan fingerprint density at radius 3 is 2.10 bits per heavy atom. The van der Waals surface area contributed by atoms with Crippen molar-refractivity contribution >= 4 is 31.9 Å².